The summed E-state index contributed by atoms with van der Waals surface area (Å²) in [7, 11) is -3.38. The topological polar surface area (TPSA) is 57.9 Å². The number of nitriles is 1. The van der Waals surface area contributed by atoms with Crippen molar-refractivity contribution >= 4 is 9.84 Å². The fraction of sp³-hybridized carbons (Fsp3) is 0.133. The van der Waals surface area contributed by atoms with Crippen molar-refractivity contribution in [2.75, 3.05) is 0 Å². The second-order valence-corrected chi connectivity index (χ2v) is 6.29. The molecule has 2 aromatic carbocycles. The highest BCUT2D eigenvalue weighted by molar-refractivity contribution is 7.90. The van der Waals surface area contributed by atoms with Gasteiger partial charge >= 0.3 is 0 Å². The molecule has 2 aromatic rings. The lowest BCUT2D eigenvalue weighted by molar-refractivity contribution is 0.594. The van der Waals surface area contributed by atoms with Gasteiger partial charge in [-0.15, -0.1) is 0 Å². The fourth-order valence-electron chi connectivity index (χ4n) is 1.93. The smallest absolute Gasteiger partial charge is 0.182 e. The quantitative estimate of drug-likeness (QED) is 0.862. The van der Waals surface area contributed by atoms with Crippen molar-refractivity contribution in [2.24, 2.45) is 0 Å². The van der Waals surface area contributed by atoms with Crippen molar-refractivity contribution in [3.63, 3.8) is 0 Å². The summed E-state index contributed by atoms with van der Waals surface area (Å²) >= 11 is 0. The van der Waals surface area contributed by atoms with E-state index in [0.717, 1.165) is 5.56 Å². The van der Waals surface area contributed by atoms with E-state index in [9.17, 15) is 8.42 Å². The third kappa shape index (κ3) is 3.01. The first-order chi connectivity index (χ1) is 9.03. The van der Waals surface area contributed by atoms with Crippen LogP contribution in [0.3, 0.4) is 0 Å². The third-order valence-corrected chi connectivity index (χ3v) is 4.68. The van der Waals surface area contributed by atoms with Crippen LogP contribution < -0.4 is 0 Å². The monoisotopic (exact) mass is 271 g/mol. The van der Waals surface area contributed by atoms with Gasteiger partial charge in [-0.25, -0.2) is 8.42 Å². The van der Waals surface area contributed by atoms with E-state index in [1.165, 1.54) is 0 Å². The van der Waals surface area contributed by atoms with Crippen LogP contribution in [0.1, 0.15) is 16.7 Å². The highest BCUT2D eigenvalue weighted by Crippen LogP contribution is 2.20. The van der Waals surface area contributed by atoms with E-state index in [2.05, 4.69) is 0 Å². The van der Waals surface area contributed by atoms with Gasteiger partial charge in [0, 0.05) is 0 Å². The standard InChI is InChI=1S/C15H13NO2S/c1-12-5-2-3-8-15(12)19(17,18)11-14-7-4-6-13(9-14)10-16/h2-9H,11H2,1H3. The second kappa shape index (κ2) is 5.25. The first-order valence-electron chi connectivity index (χ1n) is 5.80. The first-order valence-corrected chi connectivity index (χ1v) is 7.45. The minimum atomic E-state index is -3.38. The Morgan fingerprint density at radius 1 is 1.11 bits per heavy atom. The van der Waals surface area contributed by atoms with Crippen molar-refractivity contribution in [1.29, 1.82) is 5.26 Å². The maximum absolute atomic E-state index is 12.3. The molecule has 3 nitrogen and oxygen atoms in total. The summed E-state index contributed by atoms with van der Waals surface area (Å²) in [6.07, 6.45) is 0. The van der Waals surface area contributed by atoms with Gasteiger partial charge < -0.3 is 0 Å². The zero-order chi connectivity index (χ0) is 13.9. The van der Waals surface area contributed by atoms with Gasteiger partial charge in [0.1, 0.15) is 0 Å². The fourth-order valence-corrected chi connectivity index (χ4v) is 3.55. The van der Waals surface area contributed by atoms with E-state index in [1.807, 2.05) is 12.1 Å². The van der Waals surface area contributed by atoms with Gasteiger partial charge in [-0.2, -0.15) is 5.26 Å². The zero-order valence-electron chi connectivity index (χ0n) is 10.5. The van der Waals surface area contributed by atoms with Gasteiger partial charge in [-0.1, -0.05) is 30.3 Å². The Hall–Kier alpha value is -2.12. The highest BCUT2D eigenvalue weighted by Gasteiger charge is 2.17. The van der Waals surface area contributed by atoms with Gasteiger partial charge in [0.25, 0.3) is 0 Å². The molecule has 0 bridgehead atoms. The molecule has 0 aromatic heterocycles. The SMILES string of the molecule is Cc1ccccc1S(=O)(=O)Cc1cccc(C#N)c1. The molecule has 0 spiro atoms. The molecule has 96 valence electrons. The average molecular weight is 271 g/mol. The van der Waals surface area contributed by atoms with Crippen LogP contribution in [0.15, 0.2) is 53.4 Å². The largest absolute Gasteiger partial charge is 0.223 e. The second-order valence-electron chi connectivity index (χ2n) is 4.34. The van der Waals surface area contributed by atoms with Crippen LogP contribution >= 0.6 is 0 Å². The van der Waals surface area contributed by atoms with E-state index in [0.29, 0.717) is 16.0 Å². The molecule has 0 unspecified atom stereocenters. The maximum Gasteiger partial charge on any atom is 0.182 e. The number of hydrogen-bond donors (Lipinski definition) is 0. The molecule has 0 heterocycles. The van der Waals surface area contributed by atoms with Crippen LogP contribution in [-0.4, -0.2) is 8.42 Å². The van der Waals surface area contributed by atoms with Crippen molar-refractivity contribution in [3.8, 4) is 6.07 Å². The van der Waals surface area contributed by atoms with Gasteiger partial charge in [-0.3, -0.25) is 0 Å². The molecule has 0 radical (unpaired) electrons. The van der Waals surface area contributed by atoms with Crippen LogP contribution in [-0.2, 0) is 15.6 Å². The number of nitrogens with zero attached hydrogens (tertiary/aromatic N) is 1. The number of rotatable bonds is 3. The highest BCUT2D eigenvalue weighted by atomic mass is 32.2. The molecule has 0 amide bonds. The van der Waals surface area contributed by atoms with Gasteiger partial charge in [0.2, 0.25) is 0 Å². The molecule has 4 heteroatoms. The zero-order valence-corrected chi connectivity index (χ0v) is 11.3. The lowest BCUT2D eigenvalue weighted by atomic mass is 10.2. The summed E-state index contributed by atoms with van der Waals surface area (Å²) in [6.45, 7) is 1.78. The summed E-state index contributed by atoms with van der Waals surface area (Å²) in [5.41, 5.74) is 1.83. The van der Waals surface area contributed by atoms with Crippen LogP contribution in [0.2, 0.25) is 0 Å². The molecule has 0 saturated heterocycles. The molecule has 19 heavy (non-hydrogen) atoms. The third-order valence-electron chi connectivity index (χ3n) is 2.84. The summed E-state index contributed by atoms with van der Waals surface area (Å²) < 4.78 is 24.7. The molecule has 0 atom stereocenters. The van der Waals surface area contributed by atoms with Gasteiger partial charge in [0.05, 0.1) is 22.3 Å². The molecule has 2 rings (SSSR count). The Morgan fingerprint density at radius 2 is 1.84 bits per heavy atom. The van der Waals surface area contributed by atoms with Crippen molar-refractivity contribution < 1.29 is 8.42 Å². The van der Waals surface area contributed by atoms with Crippen LogP contribution in [0.4, 0.5) is 0 Å². The Morgan fingerprint density at radius 3 is 2.53 bits per heavy atom. The summed E-state index contributed by atoms with van der Waals surface area (Å²) in [5, 5.41) is 8.82. The van der Waals surface area contributed by atoms with E-state index >= 15 is 0 Å². The van der Waals surface area contributed by atoms with E-state index in [4.69, 9.17) is 5.26 Å². The number of hydrogen-bond acceptors (Lipinski definition) is 3. The minimum Gasteiger partial charge on any atom is -0.223 e. The lowest BCUT2D eigenvalue weighted by Gasteiger charge is -2.07. The number of sulfone groups is 1. The van der Waals surface area contributed by atoms with E-state index < -0.39 is 9.84 Å². The van der Waals surface area contributed by atoms with Crippen LogP contribution in [0.5, 0.6) is 0 Å². The average Bonchev–Trinajstić information content (AvgIpc) is 2.38. The Bertz CT molecular complexity index is 743. The van der Waals surface area contributed by atoms with Crippen molar-refractivity contribution in [1.82, 2.24) is 0 Å². The molecular weight excluding hydrogens is 258 g/mol. The predicted molar refractivity (Wildman–Crippen MR) is 73.2 cm³/mol. The summed E-state index contributed by atoms with van der Waals surface area (Å²) in [5.74, 6) is -0.0899. The minimum absolute atomic E-state index is 0.0899. The molecule has 0 saturated carbocycles. The summed E-state index contributed by atoms with van der Waals surface area (Å²) in [4.78, 5) is 0.345. The van der Waals surface area contributed by atoms with Gasteiger partial charge in [-0.05, 0) is 36.2 Å². The molecular formula is C15H13NO2S. The molecule has 0 aliphatic carbocycles. The van der Waals surface area contributed by atoms with Crippen molar-refractivity contribution in [3.05, 3.63) is 65.2 Å². The number of aryl methyl sites for hydroxylation is 1. The van der Waals surface area contributed by atoms with Crippen LogP contribution in [0, 0.1) is 18.3 Å². The Kier molecular flexibility index (Phi) is 3.68. The van der Waals surface area contributed by atoms with E-state index in [1.54, 1.807) is 49.4 Å². The molecule has 0 aliphatic heterocycles. The summed E-state index contributed by atoms with van der Waals surface area (Å²) in [6, 6.07) is 15.6. The first kappa shape index (κ1) is 13.3. The van der Waals surface area contributed by atoms with Gasteiger partial charge in [0.15, 0.2) is 9.84 Å². The van der Waals surface area contributed by atoms with Crippen LogP contribution in [0.25, 0.3) is 0 Å². The Labute approximate surface area is 113 Å². The predicted octanol–water partition coefficient (Wildman–Crippen LogP) is 2.84. The Balaban J connectivity index is 2.37. The lowest BCUT2D eigenvalue weighted by Crippen LogP contribution is -2.06. The molecule has 0 fully saturated rings. The maximum atomic E-state index is 12.3. The van der Waals surface area contributed by atoms with E-state index in [-0.39, 0.29) is 5.75 Å². The molecule has 0 aliphatic rings. The molecule has 0 N–H and O–H groups in total. The van der Waals surface area contributed by atoms with Crippen molar-refractivity contribution in [2.45, 2.75) is 17.6 Å². The normalized spacial score (nSPS) is 10.9. The number of benzene rings is 2.